The number of ether oxygens (including phenoxy) is 3. The fraction of sp³-hybridized carbons (Fsp3) is 0.235. The molecule has 0 saturated carbocycles. The van der Waals surface area contributed by atoms with Gasteiger partial charge in [0.25, 0.3) is 0 Å². The summed E-state index contributed by atoms with van der Waals surface area (Å²) < 4.78 is 15.7. The van der Waals surface area contributed by atoms with Crippen molar-refractivity contribution in [2.24, 2.45) is 0 Å². The van der Waals surface area contributed by atoms with Crippen molar-refractivity contribution in [1.29, 1.82) is 0 Å². The molecule has 5 nitrogen and oxygen atoms in total. The minimum Gasteiger partial charge on any atom is -0.491 e. The maximum absolute atomic E-state index is 11.9. The largest absolute Gasteiger partial charge is 0.491 e. The van der Waals surface area contributed by atoms with Crippen LogP contribution in [0.15, 0.2) is 42.5 Å². The predicted molar refractivity (Wildman–Crippen MR) is 89.6 cm³/mol. The molecule has 23 heavy (non-hydrogen) atoms. The molecule has 1 amide bonds. The molecule has 0 spiro atoms. The second-order valence-electron chi connectivity index (χ2n) is 4.75. The molecule has 2 aromatic carbocycles. The van der Waals surface area contributed by atoms with Gasteiger partial charge in [-0.05, 0) is 25.1 Å². The Bertz CT molecular complexity index is 661. The highest BCUT2D eigenvalue weighted by Crippen LogP contribution is 2.30. The van der Waals surface area contributed by atoms with Crippen LogP contribution in [0.25, 0.3) is 0 Å². The summed E-state index contributed by atoms with van der Waals surface area (Å²) in [6.45, 7) is 2.70. The Kier molecular flexibility index (Phi) is 6.26. The van der Waals surface area contributed by atoms with Crippen molar-refractivity contribution in [1.82, 2.24) is 0 Å². The lowest BCUT2D eigenvalue weighted by atomic mass is 10.2. The van der Waals surface area contributed by atoms with E-state index in [-0.39, 0.29) is 0 Å². The minimum atomic E-state index is -0.598. The zero-order chi connectivity index (χ0) is 16.7. The highest BCUT2D eigenvalue weighted by atomic mass is 35.5. The van der Waals surface area contributed by atoms with E-state index in [0.29, 0.717) is 35.4 Å². The molecule has 0 unspecified atom stereocenters. The maximum Gasteiger partial charge on any atom is 0.417 e. The number of hydrogen-bond acceptors (Lipinski definition) is 4. The Labute approximate surface area is 140 Å². The molecule has 0 heterocycles. The van der Waals surface area contributed by atoms with Gasteiger partial charge in [-0.2, -0.15) is 0 Å². The molecule has 0 fully saturated rings. The Hall–Kier alpha value is -2.24. The molecule has 0 radical (unpaired) electrons. The number of rotatable bonds is 6. The standard InChI is InChI=1S/C17H18ClNO4/c1-12-15(18)10-13(11-16(12)22-9-8-21-2)19-17(20)23-14-6-4-3-5-7-14/h3-7,10-11H,8-9H2,1-2H3,(H,19,20). The lowest BCUT2D eigenvalue weighted by Gasteiger charge is -2.13. The first-order valence-electron chi connectivity index (χ1n) is 7.06. The molecular weight excluding hydrogens is 318 g/mol. The summed E-state index contributed by atoms with van der Waals surface area (Å²) in [5.41, 5.74) is 1.29. The van der Waals surface area contributed by atoms with Gasteiger partial charge in [-0.15, -0.1) is 0 Å². The molecule has 122 valence electrons. The van der Waals surface area contributed by atoms with E-state index in [2.05, 4.69) is 5.32 Å². The van der Waals surface area contributed by atoms with Crippen LogP contribution >= 0.6 is 11.6 Å². The number of methoxy groups -OCH3 is 1. The zero-order valence-electron chi connectivity index (χ0n) is 13.0. The van der Waals surface area contributed by atoms with E-state index in [1.54, 1.807) is 43.5 Å². The smallest absolute Gasteiger partial charge is 0.417 e. The van der Waals surface area contributed by atoms with Crippen LogP contribution in [0.4, 0.5) is 10.5 Å². The van der Waals surface area contributed by atoms with Crippen LogP contribution < -0.4 is 14.8 Å². The van der Waals surface area contributed by atoms with Gasteiger partial charge in [-0.1, -0.05) is 29.8 Å². The molecule has 2 rings (SSSR count). The van der Waals surface area contributed by atoms with Crippen LogP contribution in [0, 0.1) is 6.92 Å². The van der Waals surface area contributed by atoms with Crippen LogP contribution in [0.1, 0.15) is 5.56 Å². The first kappa shape index (κ1) is 17.1. The fourth-order valence-electron chi connectivity index (χ4n) is 1.85. The summed E-state index contributed by atoms with van der Waals surface area (Å²) in [4.78, 5) is 11.9. The van der Waals surface area contributed by atoms with E-state index in [1.165, 1.54) is 0 Å². The third kappa shape index (κ3) is 5.16. The number of nitrogens with one attached hydrogen (secondary N) is 1. The molecule has 0 aromatic heterocycles. The number of carbonyl (C=O) groups is 1. The van der Waals surface area contributed by atoms with E-state index >= 15 is 0 Å². The average Bonchev–Trinajstić information content (AvgIpc) is 2.53. The highest BCUT2D eigenvalue weighted by molar-refractivity contribution is 6.31. The van der Waals surface area contributed by atoms with Crippen molar-refractivity contribution >= 4 is 23.4 Å². The Balaban J connectivity index is 2.05. The third-order valence-corrected chi connectivity index (χ3v) is 3.43. The normalized spacial score (nSPS) is 10.2. The predicted octanol–water partition coefficient (Wildman–Crippen LogP) is 4.28. The van der Waals surface area contributed by atoms with Crippen molar-refractivity contribution in [3.63, 3.8) is 0 Å². The van der Waals surface area contributed by atoms with Gasteiger partial charge in [0, 0.05) is 29.4 Å². The van der Waals surface area contributed by atoms with E-state index in [0.717, 1.165) is 5.56 Å². The summed E-state index contributed by atoms with van der Waals surface area (Å²) >= 11 is 6.17. The summed E-state index contributed by atoms with van der Waals surface area (Å²) in [7, 11) is 1.60. The quantitative estimate of drug-likeness (QED) is 0.800. The summed E-state index contributed by atoms with van der Waals surface area (Å²) in [5, 5.41) is 3.13. The first-order valence-corrected chi connectivity index (χ1v) is 7.43. The van der Waals surface area contributed by atoms with Crippen LogP contribution in [0.3, 0.4) is 0 Å². The zero-order valence-corrected chi connectivity index (χ0v) is 13.7. The van der Waals surface area contributed by atoms with E-state index in [9.17, 15) is 4.79 Å². The molecule has 0 aliphatic carbocycles. The Morgan fingerprint density at radius 3 is 2.61 bits per heavy atom. The lowest BCUT2D eigenvalue weighted by molar-refractivity contribution is 0.146. The van der Waals surface area contributed by atoms with Crippen molar-refractivity contribution in [2.75, 3.05) is 25.6 Å². The molecule has 0 aliphatic rings. The van der Waals surface area contributed by atoms with Gasteiger partial charge in [0.15, 0.2) is 0 Å². The van der Waals surface area contributed by atoms with E-state index in [4.69, 9.17) is 25.8 Å². The van der Waals surface area contributed by atoms with Crippen molar-refractivity contribution in [3.8, 4) is 11.5 Å². The van der Waals surface area contributed by atoms with Gasteiger partial charge in [0.2, 0.25) is 0 Å². The van der Waals surface area contributed by atoms with Crippen molar-refractivity contribution in [3.05, 3.63) is 53.1 Å². The summed E-state index contributed by atoms with van der Waals surface area (Å²) in [6.07, 6.45) is -0.598. The number of para-hydroxylation sites is 1. The van der Waals surface area contributed by atoms with Gasteiger partial charge >= 0.3 is 6.09 Å². The Morgan fingerprint density at radius 1 is 1.17 bits per heavy atom. The molecule has 0 bridgehead atoms. The monoisotopic (exact) mass is 335 g/mol. The third-order valence-electron chi connectivity index (χ3n) is 3.04. The SMILES string of the molecule is COCCOc1cc(NC(=O)Oc2ccccc2)cc(Cl)c1C. The molecule has 1 N–H and O–H groups in total. The molecule has 0 aliphatic heterocycles. The van der Waals surface area contributed by atoms with Crippen LogP contribution in [0.2, 0.25) is 5.02 Å². The van der Waals surface area contributed by atoms with Gasteiger partial charge < -0.3 is 14.2 Å². The van der Waals surface area contributed by atoms with Crippen molar-refractivity contribution in [2.45, 2.75) is 6.92 Å². The molecule has 6 heteroatoms. The van der Waals surface area contributed by atoms with Gasteiger partial charge in [-0.3, -0.25) is 5.32 Å². The molecule has 0 saturated heterocycles. The van der Waals surface area contributed by atoms with E-state index < -0.39 is 6.09 Å². The van der Waals surface area contributed by atoms with Gasteiger partial charge in [0.05, 0.1) is 6.61 Å². The average molecular weight is 336 g/mol. The topological polar surface area (TPSA) is 56.8 Å². The molecule has 0 atom stereocenters. The number of anilines is 1. The van der Waals surface area contributed by atoms with Crippen LogP contribution in [0.5, 0.6) is 11.5 Å². The second kappa shape index (κ2) is 8.41. The molecular formula is C17H18ClNO4. The summed E-state index contributed by atoms with van der Waals surface area (Å²) in [5.74, 6) is 1.05. The number of hydrogen-bond donors (Lipinski definition) is 1. The van der Waals surface area contributed by atoms with E-state index in [1.807, 2.05) is 13.0 Å². The number of benzene rings is 2. The number of halogens is 1. The maximum atomic E-state index is 11.9. The summed E-state index contributed by atoms with van der Waals surface area (Å²) in [6, 6.07) is 12.1. The number of amides is 1. The fourth-order valence-corrected chi connectivity index (χ4v) is 2.06. The van der Waals surface area contributed by atoms with Crippen LogP contribution in [-0.4, -0.2) is 26.4 Å². The van der Waals surface area contributed by atoms with Crippen LogP contribution in [-0.2, 0) is 4.74 Å². The second-order valence-corrected chi connectivity index (χ2v) is 5.16. The van der Waals surface area contributed by atoms with Gasteiger partial charge in [-0.25, -0.2) is 4.79 Å². The first-order chi connectivity index (χ1) is 11.1. The lowest BCUT2D eigenvalue weighted by Crippen LogP contribution is -2.17. The Morgan fingerprint density at radius 2 is 1.91 bits per heavy atom. The van der Waals surface area contributed by atoms with Gasteiger partial charge in [0.1, 0.15) is 18.1 Å². The van der Waals surface area contributed by atoms with Crippen molar-refractivity contribution < 1.29 is 19.0 Å². The minimum absolute atomic E-state index is 0.394. The molecule has 2 aromatic rings. The highest BCUT2D eigenvalue weighted by Gasteiger charge is 2.11. The number of carbonyl (C=O) groups excluding carboxylic acids is 1.